The molecule has 0 aromatic heterocycles. The number of unbranched alkanes of at least 4 members (excludes halogenated alkanes) is 39. The predicted molar refractivity (Wildman–Crippen MR) is 312 cm³/mol. The second-order valence-corrected chi connectivity index (χ2v) is 21.3. The van der Waals surface area contributed by atoms with Crippen molar-refractivity contribution in [1.82, 2.24) is 0 Å². The van der Waals surface area contributed by atoms with Crippen molar-refractivity contribution in [1.29, 1.82) is 0 Å². The van der Waals surface area contributed by atoms with Gasteiger partial charge >= 0.3 is 17.9 Å². The van der Waals surface area contributed by atoms with Crippen molar-refractivity contribution in [3.05, 3.63) is 48.6 Å². The molecular formula is C66H120O6. The average molecular weight is 1010 g/mol. The Morgan fingerprint density at radius 3 is 0.819 bits per heavy atom. The minimum Gasteiger partial charge on any atom is -0.462 e. The number of carbonyl (C=O) groups is 3. The van der Waals surface area contributed by atoms with Crippen LogP contribution in [-0.4, -0.2) is 37.2 Å². The van der Waals surface area contributed by atoms with Gasteiger partial charge in [0, 0.05) is 19.3 Å². The number of esters is 3. The predicted octanol–water partition coefficient (Wildman–Crippen LogP) is 21.4. The Morgan fingerprint density at radius 1 is 0.278 bits per heavy atom. The van der Waals surface area contributed by atoms with E-state index in [2.05, 4.69) is 69.4 Å². The van der Waals surface area contributed by atoms with Crippen LogP contribution in [0.4, 0.5) is 0 Å². The van der Waals surface area contributed by atoms with Gasteiger partial charge < -0.3 is 14.2 Å². The zero-order chi connectivity index (χ0) is 52.2. The summed E-state index contributed by atoms with van der Waals surface area (Å²) in [4.78, 5) is 38.0. The SMILES string of the molecule is CCC/C=C\C/C=C\CCCCCCCC(=O)OC(COC(=O)CCCCCCCCCC)COC(=O)CCCCCCCCCCCCCCCCCCCCCCC/C=C\C/C=C\CCCCCCC. The number of carbonyl (C=O) groups excluding carboxylic acids is 3. The van der Waals surface area contributed by atoms with Crippen LogP contribution >= 0.6 is 0 Å². The van der Waals surface area contributed by atoms with Crippen LogP contribution in [-0.2, 0) is 28.6 Å². The van der Waals surface area contributed by atoms with Gasteiger partial charge in [-0.2, -0.15) is 0 Å². The molecule has 0 saturated heterocycles. The van der Waals surface area contributed by atoms with Crippen LogP contribution in [0.3, 0.4) is 0 Å². The van der Waals surface area contributed by atoms with Crippen molar-refractivity contribution < 1.29 is 28.6 Å². The van der Waals surface area contributed by atoms with Gasteiger partial charge in [0.1, 0.15) is 13.2 Å². The highest BCUT2D eigenvalue weighted by Crippen LogP contribution is 2.17. The molecule has 1 atom stereocenters. The molecule has 0 radical (unpaired) electrons. The summed E-state index contributed by atoms with van der Waals surface area (Å²) in [6, 6.07) is 0. The number of ether oxygens (including phenoxy) is 3. The van der Waals surface area contributed by atoms with Crippen LogP contribution < -0.4 is 0 Å². The molecule has 6 nitrogen and oxygen atoms in total. The molecular weight excluding hydrogens is 889 g/mol. The number of hydrogen-bond donors (Lipinski definition) is 0. The molecule has 0 aliphatic carbocycles. The van der Waals surface area contributed by atoms with Crippen molar-refractivity contribution in [3.63, 3.8) is 0 Å². The van der Waals surface area contributed by atoms with Gasteiger partial charge in [0.2, 0.25) is 0 Å². The Bertz CT molecular complexity index is 1250. The standard InChI is InChI=1S/C66H120O6/c1-4-7-10-13-16-19-21-23-24-25-26-27-28-29-30-31-32-33-34-35-36-37-38-39-40-41-42-44-45-47-50-53-56-59-65(68)71-62-63(61-70-64(67)58-55-52-49-18-15-12-9-6-3)72-66(69)60-57-54-51-48-46-43-22-20-17-14-11-8-5-2/h11,14,20-23,25-26,63H,4-10,12-13,15-19,24,27-62H2,1-3H3/b14-11-,22-20-,23-21-,26-25-. The molecule has 0 rings (SSSR count). The molecule has 420 valence electrons. The lowest BCUT2D eigenvalue weighted by molar-refractivity contribution is -0.167. The highest BCUT2D eigenvalue weighted by atomic mass is 16.6. The first-order valence-electron chi connectivity index (χ1n) is 31.6. The summed E-state index contributed by atoms with van der Waals surface area (Å²) in [5.41, 5.74) is 0. The fraction of sp³-hybridized carbons (Fsp3) is 0.833. The summed E-state index contributed by atoms with van der Waals surface area (Å²) in [6.07, 6.45) is 75.9. The Morgan fingerprint density at radius 2 is 0.528 bits per heavy atom. The summed E-state index contributed by atoms with van der Waals surface area (Å²) in [5.74, 6) is -0.879. The topological polar surface area (TPSA) is 78.9 Å². The summed E-state index contributed by atoms with van der Waals surface area (Å²) in [5, 5.41) is 0. The van der Waals surface area contributed by atoms with Crippen LogP contribution in [0.2, 0.25) is 0 Å². The second-order valence-electron chi connectivity index (χ2n) is 21.3. The highest BCUT2D eigenvalue weighted by Gasteiger charge is 2.19. The fourth-order valence-electron chi connectivity index (χ4n) is 9.28. The number of hydrogen-bond acceptors (Lipinski definition) is 6. The van der Waals surface area contributed by atoms with Crippen molar-refractivity contribution in [2.24, 2.45) is 0 Å². The summed E-state index contributed by atoms with van der Waals surface area (Å²) < 4.78 is 16.8. The van der Waals surface area contributed by atoms with Crippen molar-refractivity contribution in [2.45, 2.75) is 341 Å². The van der Waals surface area contributed by atoms with E-state index in [1.807, 2.05) is 0 Å². The van der Waals surface area contributed by atoms with Gasteiger partial charge in [-0.3, -0.25) is 14.4 Å². The molecule has 0 fully saturated rings. The second kappa shape index (κ2) is 60.9. The zero-order valence-electron chi connectivity index (χ0n) is 48.2. The summed E-state index contributed by atoms with van der Waals surface area (Å²) >= 11 is 0. The van der Waals surface area contributed by atoms with Crippen LogP contribution in [0.1, 0.15) is 335 Å². The van der Waals surface area contributed by atoms with E-state index in [0.29, 0.717) is 19.3 Å². The van der Waals surface area contributed by atoms with Crippen LogP contribution in [0.25, 0.3) is 0 Å². The molecule has 0 aromatic carbocycles. The van der Waals surface area contributed by atoms with Gasteiger partial charge in [0.05, 0.1) is 0 Å². The Hall–Kier alpha value is -2.63. The fourth-order valence-corrected chi connectivity index (χ4v) is 9.28. The molecule has 0 aliphatic rings. The minimum absolute atomic E-state index is 0.0746. The molecule has 72 heavy (non-hydrogen) atoms. The van der Waals surface area contributed by atoms with Gasteiger partial charge in [0.25, 0.3) is 0 Å². The Labute approximate surface area is 448 Å². The molecule has 0 bridgehead atoms. The summed E-state index contributed by atoms with van der Waals surface area (Å²) in [6.45, 7) is 6.56. The van der Waals surface area contributed by atoms with Crippen molar-refractivity contribution in [3.8, 4) is 0 Å². The smallest absolute Gasteiger partial charge is 0.306 e. The first kappa shape index (κ1) is 69.4. The van der Waals surface area contributed by atoms with Gasteiger partial charge in [-0.1, -0.05) is 288 Å². The normalized spacial score (nSPS) is 12.3. The van der Waals surface area contributed by atoms with E-state index in [9.17, 15) is 14.4 Å². The van der Waals surface area contributed by atoms with E-state index >= 15 is 0 Å². The molecule has 0 heterocycles. The largest absolute Gasteiger partial charge is 0.462 e. The quantitative estimate of drug-likeness (QED) is 0.0261. The van der Waals surface area contributed by atoms with Crippen LogP contribution in [0, 0.1) is 0 Å². The van der Waals surface area contributed by atoms with E-state index in [4.69, 9.17) is 14.2 Å². The molecule has 0 saturated carbocycles. The highest BCUT2D eigenvalue weighted by molar-refractivity contribution is 5.71. The van der Waals surface area contributed by atoms with E-state index in [1.54, 1.807) is 0 Å². The van der Waals surface area contributed by atoms with Gasteiger partial charge in [-0.05, 0) is 77.0 Å². The third-order valence-corrected chi connectivity index (χ3v) is 14.0. The summed E-state index contributed by atoms with van der Waals surface area (Å²) in [7, 11) is 0. The van der Waals surface area contributed by atoms with E-state index in [0.717, 1.165) is 96.3 Å². The number of rotatable bonds is 58. The maximum absolute atomic E-state index is 12.8. The molecule has 6 heteroatoms. The van der Waals surface area contributed by atoms with Gasteiger partial charge in [-0.25, -0.2) is 0 Å². The Balaban J connectivity index is 3.96. The first-order valence-corrected chi connectivity index (χ1v) is 31.6. The number of allylic oxidation sites excluding steroid dienone is 8. The van der Waals surface area contributed by atoms with Crippen molar-refractivity contribution >= 4 is 17.9 Å². The lowest BCUT2D eigenvalue weighted by Gasteiger charge is -2.18. The maximum atomic E-state index is 12.8. The van der Waals surface area contributed by atoms with E-state index in [-0.39, 0.29) is 31.1 Å². The van der Waals surface area contributed by atoms with Crippen LogP contribution in [0.5, 0.6) is 0 Å². The molecule has 0 N–H and O–H groups in total. The Kier molecular flexibility index (Phi) is 58.7. The van der Waals surface area contributed by atoms with Crippen LogP contribution in [0.15, 0.2) is 48.6 Å². The first-order chi connectivity index (χ1) is 35.5. The van der Waals surface area contributed by atoms with E-state index in [1.165, 1.54) is 199 Å². The van der Waals surface area contributed by atoms with E-state index < -0.39 is 6.10 Å². The minimum atomic E-state index is -0.775. The molecule has 1 unspecified atom stereocenters. The van der Waals surface area contributed by atoms with Gasteiger partial charge in [0.15, 0.2) is 6.10 Å². The lowest BCUT2D eigenvalue weighted by Crippen LogP contribution is -2.30. The monoisotopic (exact) mass is 1010 g/mol. The average Bonchev–Trinajstić information content (AvgIpc) is 3.38. The molecule has 0 amide bonds. The van der Waals surface area contributed by atoms with Gasteiger partial charge in [-0.15, -0.1) is 0 Å². The zero-order valence-corrected chi connectivity index (χ0v) is 48.2. The third kappa shape index (κ3) is 58.3. The molecule has 0 aliphatic heterocycles. The molecule has 0 spiro atoms. The van der Waals surface area contributed by atoms with Crippen molar-refractivity contribution in [2.75, 3.05) is 13.2 Å². The lowest BCUT2D eigenvalue weighted by atomic mass is 10.0. The molecule has 0 aromatic rings. The maximum Gasteiger partial charge on any atom is 0.306 e. The third-order valence-electron chi connectivity index (χ3n) is 14.0.